The first-order valence-corrected chi connectivity index (χ1v) is 8.45. The van der Waals surface area contributed by atoms with E-state index in [0.29, 0.717) is 19.1 Å². The second kappa shape index (κ2) is 8.34. The molecule has 2 aromatic rings. The summed E-state index contributed by atoms with van der Waals surface area (Å²) in [6.07, 6.45) is 5.71. The van der Waals surface area contributed by atoms with E-state index in [2.05, 4.69) is 15.3 Å². The predicted octanol–water partition coefficient (Wildman–Crippen LogP) is 2.87. The number of aliphatic imine (C=N–C) groups is 1. The Morgan fingerprint density at radius 2 is 2.17 bits per heavy atom. The van der Waals surface area contributed by atoms with Crippen molar-refractivity contribution in [1.82, 2.24) is 10.3 Å². The van der Waals surface area contributed by atoms with Gasteiger partial charge in [0.25, 0.3) is 0 Å². The molecule has 0 bridgehead atoms. The number of guanidine groups is 1. The molecule has 126 valence electrons. The molecular weight excluding hydrogens is 300 g/mol. The fourth-order valence-electron chi connectivity index (χ4n) is 2.55. The summed E-state index contributed by atoms with van der Waals surface area (Å²) in [7, 11) is 0. The SMILES string of the molecule is NC(=NCc1cccc(OCc2ccccn2)c1)NCC1CCC1. The highest BCUT2D eigenvalue weighted by Gasteiger charge is 2.16. The molecule has 0 unspecified atom stereocenters. The Kier molecular flexibility index (Phi) is 5.66. The fourth-order valence-corrected chi connectivity index (χ4v) is 2.55. The Hall–Kier alpha value is -2.56. The van der Waals surface area contributed by atoms with E-state index in [4.69, 9.17) is 10.5 Å². The van der Waals surface area contributed by atoms with Gasteiger partial charge < -0.3 is 15.8 Å². The molecule has 1 saturated carbocycles. The molecule has 0 radical (unpaired) electrons. The van der Waals surface area contributed by atoms with Crippen LogP contribution in [0.2, 0.25) is 0 Å². The number of aromatic nitrogens is 1. The highest BCUT2D eigenvalue weighted by molar-refractivity contribution is 5.77. The van der Waals surface area contributed by atoms with Crippen LogP contribution in [-0.2, 0) is 13.2 Å². The van der Waals surface area contributed by atoms with Crippen LogP contribution >= 0.6 is 0 Å². The van der Waals surface area contributed by atoms with Crippen molar-refractivity contribution in [1.29, 1.82) is 0 Å². The molecular formula is C19H24N4O. The van der Waals surface area contributed by atoms with Crippen LogP contribution in [0.4, 0.5) is 0 Å². The third-order valence-corrected chi connectivity index (χ3v) is 4.24. The molecule has 1 aromatic heterocycles. The normalized spacial score (nSPS) is 14.9. The van der Waals surface area contributed by atoms with Crippen molar-refractivity contribution in [2.75, 3.05) is 6.54 Å². The first kappa shape index (κ1) is 16.3. The smallest absolute Gasteiger partial charge is 0.188 e. The van der Waals surface area contributed by atoms with Crippen molar-refractivity contribution in [2.24, 2.45) is 16.6 Å². The van der Waals surface area contributed by atoms with Crippen LogP contribution in [0, 0.1) is 5.92 Å². The maximum absolute atomic E-state index is 5.92. The molecule has 1 fully saturated rings. The van der Waals surface area contributed by atoms with Gasteiger partial charge in [0.2, 0.25) is 0 Å². The first-order valence-electron chi connectivity index (χ1n) is 8.45. The Bertz CT molecular complexity index is 668. The number of rotatable bonds is 7. The lowest BCUT2D eigenvalue weighted by molar-refractivity contribution is 0.301. The minimum atomic E-state index is 0.457. The third-order valence-electron chi connectivity index (χ3n) is 4.24. The van der Waals surface area contributed by atoms with E-state index in [1.807, 2.05) is 42.5 Å². The number of pyridine rings is 1. The first-order chi connectivity index (χ1) is 11.8. The van der Waals surface area contributed by atoms with Gasteiger partial charge in [-0.15, -0.1) is 0 Å². The van der Waals surface area contributed by atoms with Gasteiger partial charge in [-0.2, -0.15) is 0 Å². The van der Waals surface area contributed by atoms with Gasteiger partial charge >= 0.3 is 0 Å². The summed E-state index contributed by atoms with van der Waals surface area (Å²) in [4.78, 5) is 8.65. The molecule has 1 aromatic carbocycles. The highest BCUT2D eigenvalue weighted by Crippen LogP contribution is 2.25. The van der Waals surface area contributed by atoms with E-state index >= 15 is 0 Å². The second-order valence-corrected chi connectivity index (χ2v) is 6.14. The van der Waals surface area contributed by atoms with E-state index in [1.165, 1.54) is 19.3 Å². The van der Waals surface area contributed by atoms with Crippen LogP contribution in [0.1, 0.15) is 30.5 Å². The van der Waals surface area contributed by atoms with Crippen LogP contribution in [0.15, 0.2) is 53.7 Å². The average molecular weight is 324 g/mol. The van der Waals surface area contributed by atoms with Gasteiger partial charge in [0, 0.05) is 12.7 Å². The molecule has 0 atom stereocenters. The van der Waals surface area contributed by atoms with Gasteiger partial charge in [0.1, 0.15) is 12.4 Å². The average Bonchev–Trinajstić information content (AvgIpc) is 2.58. The largest absolute Gasteiger partial charge is 0.487 e. The van der Waals surface area contributed by atoms with Gasteiger partial charge in [-0.05, 0) is 48.6 Å². The minimum absolute atomic E-state index is 0.457. The lowest BCUT2D eigenvalue weighted by atomic mass is 9.85. The number of nitrogens with zero attached hydrogens (tertiary/aromatic N) is 2. The van der Waals surface area contributed by atoms with Crippen LogP contribution < -0.4 is 15.8 Å². The van der Waals surface area contributed by atoms with Gasteiger partial charge in [0.15, 0.2) is 5.96 Å². The molecule has 1 aliphatic carbocycles. The van der Waals surface area contributed by atoms with Crippen molar-refractivity contribution < 1.29 is 4.74 Å². The summed E-state index contributed by atoms with van der Waals surface area (Å²) in [6, 6.07) is 13.7. The summed E-state index contributed by atoms with van der Waals surface area (Å²) in [6.45, 7) is 1.94. The van der Waals surface area contributed by atoms with Gasteiger partial charge in [-0.3, -0.25) is 4.98 Å². The Morgan fingerprint density at radius 1 is 1.25 bits per heavy atom. The zero-order valence-corrected chi connectivity index (χ0v) is 13.8. The lowest BCUT2D eigenvalue weighted by Crippen LogP contribution is -2.37. The second-order valence-electron chi connectivity index (χ2n) is 6.14. The van der Waals surface area contributed by atoms with E-state index in [0.717, 1.165) is 29.5 Å². The Labute approximate surface area is 143 Å². The van der Waals surface area contributed by atoms with Crippen molar-refractivity contribution in [3.05, 3.63) is 59.9 Å². The fraction of sp³-hybridized carbons (Fsp3) is 0.368. The van der Waals surface area contributed by atoms with Crippen LogP contribution in [-0.4, -0.2) is 17.5 Å². The van der Waals surface area contributed by atoms with Crippen LogP contribution in [0.25, 0.3) is 0 Å². The summed E-state index contributed by atoms with van der Waals surface area (Å²) >= 11 is 0. The zero-order chi connectivity index (χ0) is 16.6. The van der Waals surface area contributed by atoms with Gasteiger partial charge in [-0.25, -0.2) is 4.99 Å². The molecule has 1 aliphatic rings. The third kappa shape index (κ3) is 4.98. The zero-order valence-electron chi connectivity index (χ0n) is 13.8. The maximum Gasteiger partial charge on any atom is 0.188 e. The summed E-state index contributed by atoms with van der Waals surface area (Å²) in [5.74, 6) is 2.10. The van der Waals surface area contributed by atoms with Crippen molar-refractivity contribution in [3.8, 4) is 5.75 Å². The Balaban J connectivity index is 1.48. The van der Waals surface area contributed by atoms with E-state index < -0.39 is 0 Å². The van der Waals surface area contributed by atoms with Gasteiger partial charge in [-0.1, -0.05) is 24.6 Å². The Morgan fingerprint density at radius 3 is 2.92 bits per heavy atom. The van der Waals surface area contributed by atoms with E-state index in [-0.39, 0.29) is 0 Å². The number of ether oxygens (including phenoxy) is 1. The number of nitrogens with two attached hydrogens (primary N) is 1. The molecule has 5 heteroatoms. The number of nitrogens with one attached hydrogen (secondary N) is 1. The molecule has 0 aliphatic heterocycles. The molecule has 0 spiro atoms. The van der Waals surface area contributed by atoms with Crippen molar-refractivity contribution in [2.45, 2.75) is 32.4 Å². The summed E-state index contributed by atoms with van der Waals surface area (Å²) in [5, 5.41) is 3.20. The highest BCUT2D eigenvalue weighted by atomic mass is 16.5. The standard InChI is InChI=1S/C19H24N4O/c20-19(22-12-15-5-3-6-15)23-13-16-7-4-9-18(11-16)24-14-17-8-1-2-10-21-17/h1-2,4,7-11,15H,3,5-6,12-14H2,(H3,20,22,23). The maximum atomic E-state index is 5.92. The number of benzene rings is 1. The number of hydrogen-bond donors (Lipinski definition) is 2. The van der Waals surface area contributed by atoms with Gasteiger partial charge in [0.05, 0.1) is 12.2 Å². The molecule has 5 nitrogen and oxygen atoms in total. The monoisotopic (exact) mass is 324 g/mol. The molecule has 3 rings (SSSR count). The quantitative estimate of drug-likeness (QED) is 0.607. The summed E-state index contributed by atoms with van der Waals surface area (Å²) < 4.78 is 5.78. The predicted molar refractivity (Wildman–Crippen MR) is 95.7 cm³/mol. The topological polar surface area (TPSA) is 72.5 Å². The molecule has 3 N–H and O–H groups in total. The van der Waals surface area contributed by atoms with Crippen LogP contribution in [0.5, 0.6) is 5.75 Å². The van der Waals surface area contributed by atoms with E-state index in [1.54, 1.807) is 6.20 Å². The van der Waals surface area contributed by atoms with Crippen LogP contribution in [0.3, 0.4) is 0 Å². The molecule has 1 heterocycles. The van der Waals surface area contributed by atoms with E-state index in [9.17, 15) is 0 Å². The number of hydrogen-bond acceptors (Lipinski definition) is 3. The minimum Gasteiger partial charge on any atom is -0.487 e. The van der Waals surface area contributed by atoms with Crippen molar-refractivity contribution >= 4 is 5.96 Å². The molecule has 24 heavy (non-hydrogen) atoms. The lowest BCUT2D eigenvalue weighted by Gasteiger charge is -2.25. The molecule has 0 saturated heterocycles. The summed E-state index contributed by atoms with van der Waals surface area (Å²) in [5.41, 5.74) is 7.90. The van der Waals surface area contributed by atoms with Crippen molar-refractivity contribution in [3.63, 3.8) is 0 Å². The molecule has 0 amide bonds.